The van der Waals surface area contributed by atoms with E-state index in [1.807, 2.05) is 26.0 Å². The molecule has 0 saturated heterocycles. The van der Waals surface area contributed by atoms with Gasteiger partial charge in [0.1, 0.15) is 0 Å². The Morgan fingerprint density at radius 3 is 2.60 bits per heavy atom. The Bertz CT molecular complexity index is 362. The van der Waals surface area contributed by atoms with E-state index in [1.54, 1.807) is 6.07 Å². The van der Waals surface area contributed by atoms with Crippen LogP contribution in [0.3, 0.4) is 0 Å². The highest BCUT2D eigenvalue weighted by Gasteiger charge is 2.16. The first-order valence-electron chi connectivity index (χ1n) is 5.03. The van der Waals surface area contributed by atoms with E-state index in [0.29, 0.717) is 13.0 Å². The summed E-state index contributed by atoms with van der Waals surface area (Å²) in [4.78, 5) is 10.5. The number of nitro benzene ring substituents is 1. The van der Waals surface area contributed by atoms with Crippen LogP contribution in [0.1, 0.15) is 30.9 Å². The summed E-state index contributed by atoms with van der Waals surface area (Å²) in [5, 5.41) is 10.9. The van der Waals surface area contributed by atoms with Gasteiger partial charge in [0.05, 0.1) is 4.92 Å². The summed E-state index contributed by atoms with van der Waals surface area (Å²) in [6.07, 6.45) is 0.680. The molecule has 15 heavy (non-hydrogen) atoms. The van der Waals surface area contributed by atoms with Gasteiger partial charge in [0.15, 0.2) is 0 Å². The van der Waals surface area contributed by atoms with E-state index in [1.165, 1.54) is 0 Å². The van der Waals surface area contributed by atoms with Crippen LogP contribution < -0.4 is 5.73 Å². The van der Waals surface area contributed by atoms with Crippen molar-refractivity contribution in [2.75, 3.05) is 6.54 Å². The zero-order valence-corrected chi connectivity index (χ0v) is 9.06. The van der Waals surface area contributed by atoms with E-state index in [2.05, 4.69) is 0 Å². The molecule has 4 nitrogen and oxygen atoms in total. The van der Waals surface area contributed by atoms with Gasteiger partial charge in [-0.25, -0.2) is 0 Å². The Morgan fingerprint density at radius 1 is 1.47 bits per heavy atom. The minimum atomic E-state index is -0.324. The summed E-state index contributed by atoms with van der Waals surface area (Å²) in [6.45, 7) is 4.41. The standard InChI is InChI=1S/C11H16N2O2/c1-8(2)10-4-3-9(5-6-12)7-11(10)13(14)15/h3-4,7-8H,5-6,12H2,1-2H3. The van der Waals surface area contributed by atoms with Crippen molar-refractivity contribution < 1.29 is 4.92 Å². The maximum absolute atomic E-state index is 10.9. The molecule has 0 fully saturated rings. The van der Waals surface area contributed by atoms with Crippen LogP contribution in [0.2, 0.25) is 0 Å². The van der Waals surface area contributed by atoms with Crippen molar-refractivity contribution in [2.24, 2.45) is 5.73 Å². The number of nitrogens with two attached hydrogens (primary N) is 1. The molecule has 0 bridgehead atoms. The lowest BCUT2D eigenvalue weighted by Crippen LogP contribution is -2.04. The van der Waals surface area contributed by atoms with Gasteiger partial charge in [-0.3, -0.25) is 10.1 Å². The molecule has 1 aromatic rings. The van der Waals surface area contributed by atoms with Crippen molar-refractivity contribution in [3.63, 3.8) is 0 Å². The van der Waals surface area contributed by atoms with E-state index >= 15 is 0 Å². The molecule has 82 valence electrons. The average molecular weight is 208 g/mol. The summed E-state index contributed by atoms with van der Waals surface area (Å²) >= 11 is 0. The van der Waals surface area contributed by atoms with Crippen molar-refractivity contribution in [3.8, 4) is 0 Å². The lowest BCUT2D eigenvalue weighted by molar-refractivity contribution is -0.385. The molecule has 0 unspecified atom stereocenters. The topological polar surface area (TPSA) is 69.2 Å². The summed E-state index contributed by atoms with van der Waals surface area (Å²) in [5.74, 6) is 0.164. The number of hydrogen-bond donors (Lipinski definition) is 1. The Balaban J connectivity index is 3.15. The minimum Gasteiger partial charge on any atom is -0.330 e. The normalized spacial score (nSPS) is 10.7. The first-order chi connectivity index (χ1) is 7.06. The highest BCUT2D eigenvalue weighted by Crippen LogP contribution is 2.27. The molecule has 1 rings (SSSR count). The molecule has 0 aromatic heterocycles. The number of rotatable bonds is 4. The van der Waals surface area contributed by atoms with Gasteiger partial charge in [0, 0.05) is 11.6 Å². The van der Waals surface area contributed by atoms with E-state index in [9.17, 15) is 10.1 Å². The SMILES string of the molecule is CC(C)c1ccc(CCN)cc1[N+](=O)[O-]. The predicted octanol–water partition coefficient (Wildman–Crippen LogP) is 2.22. The predicted molar refractivity (Wildman–Crippen MR) is 59.9 cm³/mol. The van der Waals surface area contributed by atoms with Gasteiger partial charge in [-0.15, -0.1) is 0 Å². The molecule has 0 atom stereocenters. The van der Waals surface area contributed by atoms with Crippen LogP contribution in [0.25, 0.3) is 0 Å². The zero-order chi connectivity index (χ0) is 11.4. The van der Waals surface area contributed by atoms with Gasteiger partial charge >= 0.3 is 0 Å². The summed E-state index contributed by atoms with van der Waals surface area (Å²) in [5.41, 5.74) is 7.32. The largest absolute Gasteiger partial charge is 0.330 e. The van der Waals surface area contributed by atoms with Gasteiger partial charge in [0.25, 0.3) is 5.69 Å². The van der Waals surface area contributed by atoms with E-state index in [0.717, 1.165) is 11.1 Å². The van der Waals surface area contributed by atoms with Crippen LogP contribution in [0.4, 0.5) is 5.69 Å². The van der Waals surface area contributed by atoms with Gasteiger partial charge < -0.3 is 5.73 Å². The van der Waals surface area contributed by atoms with Gasteiger partial charge in [0.2, 0.25) is 0 Å². The van der Waals surface area contributed by atoms with Crippen LogP contribution in [-0.4, -0.2) is 11.5 Å². The van der Waals surface area contributed by atoms with Crippen LogP contribution in [-0.2, 0) is 6.42 Å². The van der Waals surface area contributed by atoms with E-state index in [4.69, 9.17) is 5.73 Å². The molecule has 1 aromatic carbocycles. The molecule has 4 heteroatoms. The Kier molecular flexibility index (Phi) is 3.80. The van der Waals surface area contributed by atoms with Crippen LogP contribution >= 0.6 is 0 Å². The summed E-state index contributed by atoms with van der Waals surface area (Å²) < 4.78 is 0. The molecule has 0 spiro atoms. The zero-order valence-electron chi connectivity index (χ0n) is 9.06. The second kappa shape index (κ2) is 4.89. The Labute approximate surface area is 89.2 Å². The smallest absolute Gasteiger partial charge is 0.273 e. The average Bonchev–Trinajstić information content (AvgIpc) is 2.17. The van der Waals surface area contributed by atoms with Crippen molar-refractivity contribution in [1.82, 2.24) is 0 Å². The lowest BCUT2D eigenvalue weighted by Gasteiger charge is -2.07. The van der Waals surface area contributed by atoms with Crippen molar-refractivity contribution in [2.45, 2.75) is 26.2 Å². The van der Waals surface area contributed by atoms with Gasteiger partial charge in [-0.05, 0) is 24.4 Å². The highest BCUT2D eigenvalue weighted by molar-refractivity contribution is 5.45. The third kappa shape index (κ3) is 2.76. The minimum absolute atomic E-state index is 0.164. The number of benzene rings is 1. The van der Waals surface area contributed by atoms with Crippen molar-refractivity contribution >= 4 is 5.69 Å². The quantitative estimate of drug-likeness (QED) is 0.609. The molecule has 2 N–H and O–H groups in total. The summed E-state index contributed by atoms with van der Waals surface area (Å²) in [6, 6.07) is 5.37. The van der Waals surface area contributed by atoms with Crippen LogP contribution in [0.5, 0.6) is 0 Å². The molecule has 0 amide bonds. The molecule has 0 aliphatic heterocycles. The lowest BCUT2D eigenvalue weighted by atomic mass is 9.98. The maximum Gasteiger partial charge on any atom is 0.273 e. The molecule has 0 aliphatic carbocycles. The van der Waals surface area contributed by atoms with Gasteiger partial charge in [-0.2, -0.15) is 0 Å². The Hall–Kier alpha value is -1.42. The first kappa shape index (κ1) is 11.7. The first-order valence-corrected chi connectivity index (χ1v) is 5.03. The second-order valence-electron chi connectivity index (χ2n) is 3.84. The van der Waals surface area contributed by atoms with Crippen LogP contribution in [0.15, 0.2) is 18.2 Å². The monoisotopic (exact) mass is 208 g/mol. The molecule has 0 aliphatic rings. The van der Waals surface area contributed by atoms with Crippen molar-refractivity contribution in [1.29, 1.82) is 0 Å². The second-order valence-corrected chi connectivity index (χ2v) is 3.84. The van der Waals surface area contributed by atoms with E-state index in [-0.39, 0.29) is 16.5 Å². The fraction of sp³-hybridized carbons (Fsp3) is 0.455. The maximum atomic E-state index is 10.9. The molecular formula is C11H16N2O2. The third-order valence-corrected chi connectivity index (χ3v) is 2.35. The molecular weight excluding hydrogens is 192 g/mol. The fourth-order valence-corrected chi connectivity index (χ4v) is 1.56. The number of hydrogen-bond acceptors (Lipinski definition) is 3. The third-order valence-electron chi connectivity index (χ3n) is 2.35. The molecule has 0 saturated carbocycles. The van der Waals surface area contributed by atoms with E-state index < -0.39 is 0 Å². The fourth-order valence-electron chi connectivity index (χ4n) is 1.56. The van der Waals surface area contributed by atoms with Crippen LogP contribution in [0, 0.1) is 10.1 Å². The summed E-state index contributed by atoms with van der Waals surface area (Å²) in [7, 11) is 0. The van der Waals surface area contributed by atoms with Gasteiger partial charge in [-0.1, -0.05) is 26.0 Å². The number of nitrogens with zero attached hydrogens (tertiary/aromatic N) is 1. The highest BCUT2D eigenvalue weighted by atomic mass is 16.6. The molecule has 0 radical (unpaired) electrons. The Morgan fingerprint density at radius 2 is 2.13 bits per heavy atom. The van der Waals surface area contributed by atoms with Crippen molar-refractivity contribution in [3.05, 3.63) is 39.4 Å². The number of nitro groups is 1. The molecule has 0 heterocycles.